The molecule has 8 nitrogen and oxygen atoms in total. The zero-order valence-electron chi connectivity index (χ0n) is 9.80. The molecule has 0 aliphatic rings. The van der Waals surface area contributed by atoms with Gasteiger partial charge in [0.05, 0.1) is 12.2 Å². The Morgan fingerprint density at radius 3 is 2.53 bits per heavy atom. The van der Waals surface area contributed by atoms with Gasteiger partial charge in [0.15, 0.2) is 5.84 Å². The van der Waals surface area contributed by atoms with Crippen molar-refractivity contribution in [3.8, 4) is 0 Å². The van der Waals surface area contributed by atoms with Gasteiger partial charge in [-0.05, 0) is 13.3 Å². The van der Waals surface area contributed by atoms with Gasteiger partial charge in [-0.2, -0.15) is 0 Å². The molecule has 0 aliphatic carbocycles. The van der Waals surface area contributed by atoms with E-state index < -0.39 is 15.9 Å². The van der Waals surface area contributed by atoms with Crippen molar-refractivity contribution in [3.63, 3.8) is 0 Å². The maximum atomic E-state index is 11.4. The predicted octanol–water partition coefficient (Wildman–Crippen LogP) is -1.58. The van der Waals surface area contributed by atoms with E-state index in [4.69, 9.17) is 10.9 Å². The SMILES string of the molecule is CC(C(=O)NCCCNS(C)(=O)=O)C(N)=NO. The lowest BCUT2D eigenvalue weighted by Gasteiger charge is -2.10. The van der Waals surface area contributed by atoms with Gasteiger partial charge in [0.25, 0.3) is 0 Å². The van der Waals surface area contributed by atoms with E-state index in [9.17, 15) is 13.2 Å². The second-order valence-electron chi connectivity index (χ2n) is 3.56. The molecule has 100 valence electrons. The van der Waals surface area contributed by atoms with Crippen LogP contribution in [0.1, 0.15) is 13.3 Å². The van der Waals surface area contributed by atoms with Crippen LogP contribution >= 0.6 is 0 Å². The van der Waals surface area contributed by atoms with Crippen molar-refractivity contribution >= 4 is 21.8 Å². The highest BCUT2D eigenvalue weighted by atomic mass is 32.2. The molecular weight excluding hydrogens is 248 g/mol. The number of nitrogens with zero attached hydrogens (tertiary/aromatic N) is 1. The highest BCUT2D eigenvalue weighted by molar-refractivity contribution is 7.88. The van der Waals surface area contributed by atoms with Gasteiger partial charge in [-0.25, -0.2) is 13.1 Å². The summed E-state index contributed by atoms with van der Waals surface area (Å²) in [4.78, 5) is 11.4. The fraction of sp³-hybridized carbons (Fsp3) is 0.750. The van der Waals surface area contributed by atoms with Crippen molar-refractivity contribution < 1.29 is 18.4 Å². The third-order valence-electron chi connectivity index (χ3n) is 1.97. The van der Waals surface area contributed by atoms with E-state index in [1.807, 2.05) is 0 Å². The predicted molar refractivity (Wildman–Crippen MR) is 63.0 cm³/mol. The molecule has 1 atom stereocenters. The first kappa shape index (κ1) is 15.7. The molecule has 0 radical (unpaired) electrons. The molecule has 0 aromatic carbocycles. The minimum atomic E-state index is -3.19. The first-order valence-electron chi connectivity index (χ1n) is 4.97. The number of nitrogens with one attached hydrogen (secondary N) is 2. The number of carbonyl (C=O) groups is 1. The van der Waals surface area contributed by atoms with E-state index >= 15 is 0 Å². The molecule has 0 aromatic heterocycles. The second kappa shape index (κ2) is 7.07. The van der Waals surface area contributed by atoms with Crippen molar-refractivity contribution in [2.75, 3.05) is 19.3 Å². The van der Waals surface area contributed by atoms with Crippen LogP contribution < -0.4 is 15.8 Å². The lowest BCUT2D eigenvalue weighted by atomic mass is 10.1. The molecule has 0 spiro atoms. The first-order valence-corrected chi connectivity index (χ1v) is 6.87. The van der Waals surface area contributed by atoms with Crippen LogP contribution in [-0.4, -0.2) is 44.7 Å². The second-order valence-corrected chi connectivity index (χ2v) is 5.39. The van der Waals surface area contributed by atoms with E-state index in [2.05, 4.69) is 15.2 Å². The van der Waals surface area contributed by atoms with Crippen molar-refractivity contribution in [1.29, 1.82) is 0 Å². The topological polar surface area (TPSA) is 134 Å². The number of amidine groups is 1. The normalized spacial score (nSPS) is 14.4. The fourth-order valence-electron chi connectivity index (χ4n) is 0.932. The van der Waals surface area contributed by atoms with Gasteiger partial charge < -0.3 is 16.3 Å². The van der Waals surface area contributed by atoms with Gasteiger partial charge >= 0.3 is 0 Å². The number of carbonyl (C=O) groups excluding carboxylic acids is 1. The Morgan fingerprint density at radius 1 is 1.47 bits per heavy atom. The Hall–Kier alpha value is -1.35. The van der Waals surface area contributed by atoms with Crippen LogP contribution in [-0.2, 0) is 14.8 Å². The standard InChI is InChI=1S/C8H18N4O4S/c1-6(7(9)12-14)8(13)10-4-3-5-11-17(2,15)16/h6,11,14H,3-5H2,1-2H3,(H2,9,12)(H,10,13). The third kappa shape index (κ3) is 7.53. The zero-order chi connectivity index (χ0) is 13.5. The highest BCUT2D eigenvalue weighted by Gasteiger charge is 2.16. The smallest absolute Gasteiger partial charge is 0.230 e. The van der Waals surface area contributed by atoms with Gasteiger partial charge in [0.2, 0.25) is 15.9 Å². The summed E-state index contributed by atoms with van der Waals surface area (Å²) in [6.45, 7) is 2.06. The van der Waals surface area contributed by atoms with Gasteiger partial charge in [0.1, 0.15) is 0 Å². The Bertz CT molecular complexity index is 379. The summed E-state index contributed by atoms with van der Waals surface area (Å²) in [6.07, 6.45) is 1.52. The van der Waals surface area contributed by atoms with Crippen LogP contribution in [0.15, 0.2) is 5.16 Å². The summed E-state index contributed by atoms with van der Waals surface area (Å²) < 4.78 is 23.7. The first-order chi connectivity index (χ1) is 7.78. The molecule has 0 aromatic rings. The van der Waals surface area contributed by atoms with Crippen molar-refractivity contribution in [3.05, 3.63) is 0 Å². The monoisotopic (exact) mass is 266 g/mol. The van der Waals surface area contributed by atoms with Gasteiger partial charge in [0, 0.05) is 13.1 Å². The summed E-state index contributed by atoms with van der Waals surface area (Å²) in [5, 5.41) is 13.6. The molecule has 17 heavy (non-hydrogen) atoms. The lowest BCUT2D eigenvalue weighted by Crippen LogP contribution is -2.38. The van der Waals surface area contributed by atoms with Gasteiger partial charge in [-0.15, -0.1) is 0 Å². The molecule has 1 amide bonds. The van der Waals surface area contributed by atoms with Crippen molar-refractivity contribution in [2.24, 2.45) is 16.8 Å². The van der Waals surface area contributed by atoms with Crippen LogP contribution in [0.4, 0.5) is 0 Å². The summed E-state index contributed by atoms with van der Waals surface area (Å²) in [5.41, 5.74) is 5.25. The van der Waals surface area contributed by atoms with Crippen LogP contribution in [0, 0.1) is 5.92 Å². The fourth-order valence-corrected chi connectivity index (χ4v) is 1.45. The van der Waals surface area contributed by atoms with Gasteiger partial charge in [-0.3, -0.25) is 4.79 Å². The molecule has 5 N–H and O–H groups in total. The molecule has 1 unspecified atom stereocenters. The molecule has 0 saturated carbocycles. The number of hydrogen-bond donors (Lipinski definition) is 4. The summed E-state index contributed by atoms with van der Waals surface area (Å²) >= 11 is 0. The molecule has 0 aliphatic heterocycles. The molecule has 0 saturated heterocycles. The van der Waals surface area contributed by atoms with Crippen LogP contribution in [0.2, 0.25) is 0 Å². The molecule has 0 heterocycles. The maximum absolute atomic E-state index is 11.4. The van der Waals surface area contributed by atoms with E-state index in [1.54, 1.807) is 0 Å². The molecule has 0 fully saturated rings. The molecule has 9 heteroatoms. The lowest BCUT2D eigenvalue weighted by molar-refractivity contribution is -0.122. The van der Waals surface area contributed by atoms with E-state index in [0.717, 1.165) is 6.26 Å². The molecule has 0 rings (SSSR count). The van der Waals surface area contributed by atoms with E-state index in [-0.39, 0.29) is 18.3 Å². The van der Waals surface area contributed by atoms with E-state index in [1.165, 1.54) is 6.92 Å². The van der Waals surface area contributed by atoms with Crippen molar-refractivity contribution in [1.82, 2.24) is 10.0 Å². The Labute approximate surface area is 100 Å². The minimum Gasteiger partial charge on any atom is -0.409 e. The Morgan fingerprint density at radius 2 is 2.06 bits per heavy atom. The van der Waals surface area contributed by atoms with Crippen LogP contribution in [0.5, 0.6) is 0 Å². The third-order valence-corrected chi connectivity index (χ3v) is 2.70. The van der Waals surface area contributed by atoms with Crippen molar-refractivity contribution in [2.45, 2.75) is 13.3 Å². The number of amides is 1. The molecule has 0 bridgehead atoms. The summed E-state index contributed by atoms with van der Waals surface area (Å²) in [6, 6.07) is 0. The average molecular weight is 266 g/mol. The van der Waals surface area contributed by atoms with E-state index in [0.29, 0.717) is 13.0 Å². The number of sulfonamides is 1. The average Bonchev–Trinajstić information content (AvgIpc) is 2.24. The quantitative estimate of drug-likeness (QED) is 0.145. The number of nitrogens with two attached hydrogens (primary N) is 1. The molecular formula is C8H18N4O4S. The summed E-state index contributed by atoms with van der Waals surface area (Å²) in [5.74, 6) is -1.26. The number of hydrogen-bond acceptors (Lipinski definition) is 5. The number of oxime groups is 1. The summed E-state index contributed by atoms with van der Waals surface area (Å²) in [7, 11) is -3.19. The highest BCUT2D eigenvalue weighted by Crippen LogP contribution is 1.94. The number of rotatable bonds is 7. The zero-order valence-corrected chi connectivity index (χ0v) is 10.6. The minimum absolute atomic E-state index is 0.170. The van der Waals surface area contributed by atoms with Gasteiger partial charge in [-0.1, -0.05) is 5.16 Å². The largest absolute Gasteiger partial charge is 0.409 e. The Balaban J connectivity index is 3.80. The van der Waals surface area contributed by atoms with Crippen LogP contribution in [0.3, 0.4) is 0 Å². The maximum Gasteiger partial charge on any atom is 0.230 e. The Kier molecular flexibility index (Phi) is 6.51. The van der Waals surface area contributed by atoms with Crippen LogP contribution in [0.25, 0.3) is 0 Å².